The number of hydrogen-bond donors (Lipinski definition) is 6. The van der Waals surface area contributed by atoms with Crippen molar-refractivity contribution in [1.82, 2.24) is 20.9 Å². The first-order chi connectivity index (χ1) is 21.0. The van der Waals surface area contributed by atoms with E-state index in [1.165, 1.54) is 0 Å². The summed E-state index contributed by atoms with van der Waals surface area (Å²) < 4.78 is 33.9. The van der Waals surface area contributed by atoms with E-state index in [-0.39, 0.29) is 19.4 Å². The maximum atomic E-state index is 13.4. The van der Waals surface area contributed by atoms with Crippen LogP contribution in [0.15, 0.2) is 36.4 Å². The van der Waals surface area contributed by atoms with Gasteiger partial charge in [0.25, 0.3) is 21.9 Å². The second-order valence-corrected chi connectivity index (χ2v) is 13.1. The largest absolute Gasteiger partial charge is 0.352 e. The fourth-order valence-corrected chi connectivity index (χ4v) is 5.31. The Morgan fingerprint density at radius 2 is 1.49 bits per heavy atom. The van der Waals surface area contributed by atoms with Gasteiger partial charge in [-0.1, -0.05) is 39.8 Å². The number of benzene rings is 1. The molecule has 1 aliphatic rings. The van der Waals surface area contributed by atoms with Crippen molar-refractivity contribution < 1.29 is 41.7 Å². The first-order valence-corrected chi connectivity index (χ1v) is 16.0. The van der Waals surface area contributed by atoms with E-state index in [1.807, 2.05) is 12.1 Å². The Morgan fingerprint density at radius 3 is 2.00 bits per heavy atom. The summed E-state index contributed by atoms with van der Waals surface area (Å²) in [6.07, 6.45) is 2.53. The van der Waals surface area contributed by atoms with Crippen LogP contribution >= 0.6 is 0 Å². The standard InChI is InChI=1S/C29H42N6O9S/c1-17(2)16-19-7-9-20(10-8-19)32-26(38)21(6-5-14-31-29(30)41)33-28(40)25(18(3)4)34-27(39)22(45(42,43)44)13-15-35-23(36)11-12-24(35)37/h7-12,17-18,21-22,25H,5-6,13-16H2,1-4H3,(H,32,38)(H,33,40)(H,34,39)(H3,30,31,41)(H,42,43,44)/t21-,22-,25-/m0/s1. The molecule has 1 heterocycles. The molecule has 15 nitrogen and oxygen atoms in total. The van der Waals surface area contributed by atoms with Crippen LogP contribution in [0.3, 0.4) is 0 Å². The van der Waals surface area contributed by atoms with E-state index in [4.69, 9.17) is 5.73 Å². The van der Waals surface area contributed by atoms with Gasteiger partial charge in [-0.25, -0.2) is 4.79 Å². The second kappa shape index (κ2) is 16.7. The first-order valence-electron chi connectivity index (χ1n) is 14.5. The molecule has 7 N–H and O–H groups in total. The molecule has 0 aliphatic carbocycles. The highest BCUT2D eigenvalue weighted by atomic mass is 32.2. The maximum absolute atomic E-state index is 13.4. The lowest BCUT2D eigenvalue weighted by atomic mass is 10.0. The number of amides is 7. The highest BCUT2D eigenvalue weighted by molar-refractivity contribution is 7.87. The van der Waals surface area contributed by atoms with Crippen LogP contribution in [0.4, 0.5) is 10.5 Å². The van der Waals surface area contributed by atoms with Gasteiger partial charge in [-0.3, -0.25) is 33.4 Å². The van der Waals surface area contributed by atoms with Crippen LogP contribution in [0.1, 0.15) is 52.5 Å². The molecule has 0 saturated carbocycles. The third-order valence-electron chi connectivity index (χ3n) is 6.88. The number of nitrogens with one attached hydrogen (secondary N) is 4. The normalized spacial score (nSPS) is 15.1. The molecule has 0 bridgehead atoms. The number of hydrogen-bond acceptors (Lipinski definition) is 8. The number of carbonyl (C=O) groups excluding carboxylic acids is 6. The summed E-state index contributed by atoms with van der Waals surface area (Å²) in [5, 5.41) is 7.96. The molecule has 1 aromatic rings. The van der Waals surface area contributed by atoms with Crippen molar-refractivity contribution in [2.75, 3.05) is 18.4 Å². The Labute approximate surface area is 262 Å². The van der Waals surface area contributed by atoms with Crippen molar-refractivity contribution >= 4 is 51.4 Å². The Morgan fingerprint density at radius 1 is 0.889 bits per heavy atom. The zero-order valence-corrected chi connectivity index (χ0v) is 26.6. The predicted octanol–water partition coefficient (Wildman–Crippen LogP) is 0.469. The lowest BCUT2D eigenvalue weighted by Gasteiger charge is -2.27. The zero-order valence-electron chi connectivity index (χ0n) is 25.7. The quantitative estimate of drug-likeness (QED) is 0.0780. The van der Waals surface area contributed by atoms with Crippen molar-refractivity contribution in [3.8, 4) is 0 Å². The molecule has 45 heavy (non-hydrogen) atoms. The molecule has 0 aromatic heterocycles. The number of imide groups is 1. The molecule has 1 aromatic carbocycles. The van der Waals surface area contributed by atoms with Gasteiger partial charge in [0.15, 0.2) is 5.25 Å². The van der Waals surface area contributed by atoms with Gasteiger partial charge in [-0.2, -0.15) is 8.42 Å². The minimum absolute atomic E-state index is 0.0711. The number of nitrogens with zero attached hydrogens (tertiary/aromatic N) is 1. The summed E-state index contributed by atoms with van der Waals surface area (Å²) in [6.45, 7) is 6.97. The molecule has 0 saturated heterocycles. The van der Waals surface area contributed by atoms with Crippen LogP contribution in [-0.4, -0.2) is 83.9 Å². The first kappa shape index (κ1) is 36.9. The lowest BCUT2D eigenvalue weighted by Crippen LogP contribution is -2.56. The monoisotopic (exact) mass is 650 g/mol. The van der Waals surface area contributed by atoms with Gasteiger partial charge in [0.1, 0.15) is 12.1 Å². The van der Waals surface area contributed by atoms with E-state index in [1.54, 1.807) is 26.0 Å². The molecule has 3 atom stereocenters. The molecule has 2 rings (SSSR count). The number of rotatable bonds is 17. The van der Waals surface area contributed by atoms with E-state index in [0.717, 1.165) is 24.1 Å². The average Bonchev–Trinajstić information content (AvgIpc) is 3.25. The van der Waals surface area contributed by atoms with Crippen molar-refractivity contribution in [1.29, 1.82) is 0 Å². The summed E-state index contributed by atoms with van der Waals surface area (Å²) >= 11 is 0. The fourth-order valence-electron chi connectivity index (χ4n) is 4.57. The van der Waals surface area contributed by atoms with E-state index in [9.17, 15) is 41.7 Å². The average molecular weight is 651 g/mol. The number of nitrogens with two attached hydrogens (primary N) is 1. The minimum Gasteiger partial charge on any atom is -0.352 e. The molecule has 0 radical (unpaired) electrons. The molecule has 248 valence electrons. The fraction of sp³-hybridized carbons (Fsp3) is 0.517. The van der Waals surface area contributed by atoms with Gasteiger partial charge >= 0.3 is 6.03 Å². The Balaban J connectivity index is 2.18. The van der Waals surface area contributed by atoms with E-state index >= 15 is 0 Å². The van der Waals surface area contributed by atoms with E-state index < -0.39 is 81.9 Å². The number of carbonyl (C=O) groups is 6. The molecular weight excluding hydrogens is 608 g/mol. The molecule has 0 spiro atoms. The van der Waals surface area contributed by atoms with E-state index in [2.05, 4.69) is 35.1 Å². The summed E-state index contributed by atoms with van der Waals surface area (Å²) in [6, 6.07) is 3.99. The maximum Gasteiger partial charge on any atom is 0.312 e. The number of primary amides is 1. The summed E-state index contributed by atoms with van der Waals surface area (Å²) in [4.78, 5) is 75.1. The lowest BCUT2D eigenvalue weighted by molar-refractivity contribution is -0.137. The Hall–Kier alpha value is -4.31. The van der Waals surface area contributed by atoms with Crippen LogP contribution in [0, 0.1) is 11.8 Å². The van der Waals surface area contributed by atoms with E-state index in [0.29, 0.717) is 16.5 Å². The van der Waals surface area contributed by atoms with Gasteiger partial charge < -0.3 is 27.0 Å². The topological polar surface area (TPSA) is 234 Å². The van der Waals surface area contributed by atoms with Gasteiger partial charge in [0, 0.05) is 30.9 Å². The van der Waals surface area contributed by atoms with Crippen LogP contribution in [-0.2, 0) is 40.5 Å². The minimum atomic E-state index is -5.01. The van der Waals surface area contributed by atoms with Crippen LogP contribution in [0.5, 0.6) is 0 Å². The Kier molecular flexibility index (Phi) is 13.7. The Bertz CT molecular complexity index is 1380. The van der Waals surface area contributed by atoms with Gasteiger partial charge in [0.2, 0.25) is 17.7 Å². The molecule has 7 amide bonds. The molecule has 16 heteroatoms. The van der Waals surface area contributed by atoms with Crippen LogP contribution in [0.25, 0.3) is 0 Å². The highest BCUT2D eigenvalue weighted by Crippen LogP contribution is 2.15. The summed E-state index contributed by atoms with van der Waals surface area (Å²) in [5.41, 5.74) is 6.67. The SMILES string of the molecule is CC(C)Cc1ccc(NC(=O)[C@H](CCCNC(N)=O)NC(=O)[C@@H](NC(=O)[C@H](CCN2C(=O)C=CC2=O)S(=O)(=O)O)C(C)C)cc1. The summed E-state index contributed by atoms with van der Waals surface area (Å²) in [7, 11) is -5.01. The number of anilines is 1. The van der Waals surface area contributed by atoms with Gasteiger partial charge in [-0.15, -0.1) is 0 Å². The van der Waals surface area contributed by atoms with Crippen LogP contribution < -0.4 is 27.0 Å². The molecular formula is C29H42N6O9S. The third-order valence-corrected chi connectivity index (χ3v) is 8.05. The van der Waals surface area contributed by atoms with Crippen molar-refractivity contribution in [3.05, 3.63) is 42.0 Å². The predicted molar refractivity (Wildman–Crippen MR) is 165 cm³/mol. The second-order valence-electron chi connectivity index (χ2n) is 11.5. The molecule has 0 unspecified atom stereocenters. The molecule has 1 aliphatic heterocycles. The van der Waals surface area contributed by atoms with Gasteiger partial charge in [-0.05, 0) is 55.2 Å². The smallest absolute Gasteiger partial charge is 0.312 e. The van der Waals surface area contributed by atoms with Crippen molar-refractivity contribution in [2.24, 2.45) is 17.6 Å². The zero-order chi connectivity index (χ0) is 33.9. The highest BCUT2D eigenvalue weighted by Gasteiger charge is 2.37. The third kappa shape index (κ3) is 11.9. The number of urea groups is 1. The van der Waals surface area contributed by atoms with Crippen LogP contribution in [0.2, 0.25) is 0 Å². The summed E-state index contributed by atoms with van der Waals surface area (Å²) in [5.74, 6) is -4.17. The van der Waals surface area contributed by atoms with Crippen molar-refractivity contribution in [2.45, 2.75) is 70.7 Å². The van der Waals surface area contributed by atoms with Gasteiger partial charge in [0.05, 0.1) is 0 Å². The van der Waals surface area contributed by atoms with Crippen molar-refractivity contribution in [3.63, 3.8) is 0 Å². The molecule has 0 fully saturated rings.